The highest BCUT2D eigenvalue weighted by atomic mass is 35.5. The van der Waals surface area contributed by atoms with Crippen molar-refractivity contribution in [3.05, 3.63) is 34.3 Å². The Labute approximate surface area is 99.2 Å². The van der Waals surface area contributed by atoms with Crippen LogP contribution >= 0.6 is 11.6 Å². The molecule has 0 aliphatic heterocycles. The van der Waals surface area contributed by atoms with Crippen LogP contribution in [0.25, 0.3) is 0 Å². The molecule has 82 valence electrons. The van der Waals surface area contributed by atoms with Gasteiger partial charge in [-0.3, -0.25) is 4.79 Å². The molecule has 2 nitrogen and oxygen atoms in total. The average Bonchev–Trinajstić information content (AvgIpc) is 2.56. The summed E-state index contributed by atoms with van der Waals surface area (Å²) in [4.78, 5) is 12.0. The zero-order chi connectivity index (χ0) is 11.7. The molecule has 1 aliphatic rings. The molecular formula is C13H11ClO2. The number of hydrogen-bond donors (Lipinski definition) is 1. The average molecular weight is 235 g/mol. The van der Waals surface area contributed by atoms with Gasteiger partial charge in [-0.2, -0.15) is 0 Å². The lowest BCUT2D eigenvalue weighted by atomic mass is 9.96. The zero-order valence-corrected chi connectivity index (χ0v) is 9.37. The topological polar surface area (TPSA) is 37.3 Å². The van der Waals surface area contributed by atoms with Crippen molar-refractivity contribution in [1.29, 1.82) is 0 Å². The maximum absolute atomic E-state index is 12.0. The molecule has 1 aliphatic carbocycles. The first kappa shape index (κ1) is 11.2. The van der Waals surface area contributed by atoms with E-state index in [9.17, 15) is 9.90 Å². The highest BCUT2D eigenvalue weighted by Gasteiger charge is 2.35. The molecule has 0 spiro atoms. The molecule has 1 aromatic carbocycles. The van der Waals surface area contributed by atoms with Crippen molar-refractivity contribution in [2.75, 3.05) is 0 Å². The van der Waals surface area contributed by atoms with Crippen LogP contribution < -0.4 is 0 Å². The number of ketones is 1. The number of terminal acetylenes is 1. The van der Waals surface area contributed by atoms with Crippen LogP contribution in [-0.2, 0) is 6.42 Å². The SMILES string of the molecule is C#CCC(O)C1Cc2cc(Cl)ccc2C1=O. The minimum Gasteiger partial charge on any atom is -0.391 e. The fourth-order valence-corrected chi connectivity index (χ4v) is 2.27. The smallest absolute Gasteiger partial charge is 0.169 e. The second kappa shape index (κ2) is 4.29. The van der Waals surface area contributed by atoms with Crippen LogP contribution in [0.1, 0.15) is 22.3 Å². The van der Waals surface area contributed by atoms with Crippen LogP contribution in [0, 0.1) is 18.3 Å². The van der Waals surface area contributed by atoms with E-state index in [1.165, 1.54) is 0 Å². The lowest BCUT2D eigenvalue weighted by molar-refractivity contribution is 0.0725. The van der Waals surface area contributed by atoms with Gasteiger partial charge in [0.2, 0.25) is 0 Å². The summed E-state index contributed by atoms with van der Waals surface area (Å²) in [5, 5.41) is 10.4. The second-order valence-electron chi connectivity index (χ2n) is 3.95. The van der Waals surface area contributed by atoms with Crippen LogP contribution in [-0.4, -0.2) is 17.0 Å². The Morgan fingerprint density at radius 3 is 3.06 bits per heavy atom. The molecule has 0 saturated carbocycles. The van der Waals surface area contributed by atoms with Crippen molar-refractivity contribution in [3.8, 4) is 12.3 Å². The summed E-state index contributed by atoms with van der Waals surface area (Å²) >= 11 is 5.85. The first-order valence-corrected chi connectivity index (χ1v) is 5.45. The molecule has 0 aromatic heterocycles. The minimum absolute atomic E-state index is 0.0329. The van der Waals surface area contributed by atoms with Crippen molar-refractivity contribution in [1.82, 2.24) is 0 Å². The highest BCUT2D eigenvalue weighted by Crippen LogP contribution is 2.31. The maximum atomic E-state index is 12.0. The first-order chi connectivity index (χ1) is 7.63. The molecule has 16 heavy (non-hydrogen) atoms. The minimum atomic E-state index is -0.760. The Kier molecular flexibility index (Phi) is 3.00. The normalized spacial score (nSPS) is 20.3. The van der Waals surface area contributed by atoms with Gasteiger partial charge in [0.05, 0.1) is 12.0 Å². The molecule has 0 bridgehead atoms. The Hall–Kier alpha value is -1.30. The van der Waals surface area contributed by atoms with Gasteiger partial charge in [-0.05, 0) is 30.2 Å². The standard InChI is InChI=1S/C13H11ClO2/c1-2-3-12(15)11-7-8-6-9(14)4-5-10(8)13(11)16/h1,4-6,11-12,15H,3,7H2. The molecule has 1 N–H and O–H groups in total. The number of fused-ring (bicyclic) bond motifs is 1. The van der Waals surface area contributed by atoms with Gasteiger partial charge in [-0.1, -0.05) is 11.6 Å². The largest absolute Gasteiger partial charge is 0.391 e. The number of Topliss-reactive ketones (excluding diaryl/α,β-unsaturated/α-hetero) is 1. The molecule has 0 amide bonds. The van der Waals surface area contributed by atoms with Gasteiger partial charge in [0.25, 0.3) is 0 Å². The predicted molar refractivity (Wildman–Crippen MR) is 62.4 cm³/mol. The van der Waals surface area contributed by atoms with E-state index in [4.69, 9.17) is 18.0 Å². The fourth-order valence-electron chi connectivity index (χ4n) is 2.07. The van der Waals surface area contributed by atoms with Gasteiger partial charge >= 0.3 is 0 Å². The molecule has 1 aromatic rings. The van der Waals surface area contributed by atoms with E-state index in [1.807, 2.05) is 0 Å². The van der Waals surface area contributed by atoms with Crippen LogP contribution in [0.4, 0.5) is 0 Å². The summed E-state index contributed by atoms with van der Waals surface area (Å²) in [7, 11) is 0. The van der Waals surface area contributed by atoms with E-state index in [0.717, 1.165) is 5.56 Å². The summed E-state index contributed by atoms with van der Waals surface area (Å²) in [5.74, 6) is 1.93. The third-order valence-corrected chi connectivity index (χ3v) is 3.14. The lowest BCUT2D eigenvalue weighted by Gasteiger charge is -2.13. The summed E-state index contributed by atoms with van der Waals surface area (Å²) in [6.45, 7) is 0. The van der Waals surface area contributed by atoms with Crippen LogP contribution in [0.15, 0.2) is 18.2 Å². The third-order valence-electron chi connectivity index (χ3n) is 2.90. The Morgan fingerprint density at radius 1 is 1.62 bits per heavy atom. The lowest BCUT2D eigenvalue weighted by Crippen LogP contribution is -2.25. The van der Waals surface area contributed by atoms with Crippen molar-refractivity contribution < 1.29 is 9.90 Å². The highest BCUT2D eigenvalue weighted by molar-refractivity contribution is 6.30. The number of hydrogen-bond acceptors (Lipinski definition) is 2. The Bertz CT molecular complexity index is 473. The molecule has 3 heteroatoms. The molecule has 0 radical (unpaired) electrons. The first-order valence-electron chi connectivity index (χ1n) is 5.07. The number of benzene rings is 1. The number of carbonyl (C=O) groups is 1. The predicted octanol–water partition coefficient (Wildman–Crippen LogP) is 2.08. The molecule has 0 heterocycles. The zero-order valence-electron chi connectivity index (χ0n) is 8.61. The van der Waals surface area contributed by atoms with Gasteiger partial charge in [0, 0.05) is 17.0 Å². The molecule has 0 fully saturated rings. The van der Waals surface area contributed by atoms with Crippen molar-refractivity contribution >= 4 is 17.4 Å². The maximum Gasteiger partial charge on any atom is 0.169 e. The van der Waals surface area contributed by atoms with Crippen molar-refractivity contribution in [2.45, 2.75) is 18.9 Å². The van der Waals surface area contributed by atoms with Crippen molar-refractivity contribution in [3.63, 3.8) is 0 Å². The van der Waals surface area contributed by atoms with E-state index in [1.54, 1.807) is 18.2 Å². The van der Waals surface area contributed by atoms with Crippen LogP contribution in [0.3, 0.4) is 0 Å². The molecule has 2 rings (SSSR count). The fraction of sp³-hybridized carbons (Fsp3) is 0.308. The molecule has 2 unspecified atom stereocenters. The van der Waals surface area contributed by atoms with Crippen LogP contribution in [0.5, 0.6) is 0 Å². The Balaban J connectivity index is 2.28. The van der Waals surface area contributed by atoms with Gasteiger partial charge in [-0.15, -0.1) is 12.3 Å². The van der Waals surface area contributed by atoms with E-state index >= 15 is 0 Å². The van der Waals surface area contributed by atoms with E-state index in [0.29, 0.717) is 17.0 Å². The van der Waals surface area contributed by atoms with Gasteiger partial charge in [0.15, 0.2) is 5.78 Å². The quantitative estimate of drug-likeness (QED) is 0.796. The number of carbonyl (C=O) groups excluding carboxylic acids is 1. The summed E-state index contributed by atoms with van der Waals surface area (Å²) in [6, 6.07) is 5.17. The van der Waals surface area contributed by atoms with E-state index in [-0.39, 0.29) is 12.2 Å². The van der Waals surface area contributed by atoms with Gasteiger partial charge in [-0.25, -0.2) is 0 Å². The van der Waals surface area contributed by atoms with Gasteiger partial charge in [0.1, 0.15) is 0 Å². The van der Waals surface area contributed by atoms with Crippen LogP contribution in [0.2, 0.25) is 5.02 Å². The number of halogens is 1. The summed E-state index contributed by atoms with van der Waals surface area (Å²) < 4.78 is 0. The molecule has 2 atom stereocenters. The van der Waals surface area contributed by atoms with Gasteiger partial charge < -0.3 is 5.11 Å². The number of rotatable bonds is 2. The number of aliphatic hydroxyl groups is 1. The monoisotopic (exact) mass is 234 g/mol. The van der Waals surface area contributed by atoms with E-state index in [2.05, 4.69) is 5.92 Å². The molecule has 0 saturated heterocycles. The van der Waals surface area contributed by atoms with E-state index < -0.39 is 12.0 Å². The number of aliphatic hydroxyl groups excluding tert-OH is 1. The molecular weight excluding hydrogens is 224 g/mol. The summed E-state index contributed by atoms with van der Waals surface area (Å²) in [6.07, 6.45) is 5.10. The second-order valence-corrected chi connectivity index (χ2v) is 4.39. The van der Waals surface area contributed by atoms with Crippen molar-refractivity contribution in [2.24, 2.45) is 5.92 Å². The Morgan fingerprint density at radius 2 is 2.38 bits per heavy atom. The third kappa shape index (κ3) is 1.84. The summed E-state index contributed by atoms with van der Waals surface area (Å²) in [5.41, 5.74) is 1.56.